The quantitative estimate of drug-likeness (QED) is 0.618. The second kappa shape index (κ2) is 8.87. The van der Waals surface area contributed by atoms with Crippen molar-refractivity contribution >= 4 is 16.6 Å². The third kappa shape index (κ3) is 4.40. The van der Waals surface area contributed by atoms with E-state index in [2.05, 4.69) is 49.1 Å². The van der Waals surface area contributed by atoms with Crippen molar-refractivity contribution in [2.45, 2.75) is 33.3 Å². The molecule has 0 saturated carbocycles. The number of nitrogens with zero attached hydrogens (tertiary/aromatic N) is 2. The van der Waals surface area contributed by atoms with Crippen molar-refractivity contribution in [3.63, 3.8) is 0 Å². The molecule has 1 N–H and O–H groups in total. The Kier molecular flexibility index (Phi) is 6.30. The summed E-state index contributed by atoms with van der Waals surface area (Å²) in [6, 6.07) is 18.6. The molecule has 0 aliphatic rings. The van der Waals surface area contributed by atoms with E-state index >= 15 is 0 Å². The number of pyridine rings is 1. The van der Waals surface area contributed by atoms with Crippen molar-refractivity contribution in [1.29, 1.82) is 0 Å². The van der Waals surface area contributed by atoms with Gasteiger partial charge in [-0.1, -0.05) is 25.1 Å². The minimum Gasteiger partial charge on any atom is -0.488 e. The second-order valence-electron chi connectivity index (χ2n) is 6.60. The van der Waals surface area contributed by atoms with E-state index in [9.17, 15) is 5.11 Å². The minimum atomic E-state index is -0.168. The number of benzene rings is 2. The zero-order valence-corrected chi connectivity index (χ0v) is 16.4. The highest BCUT2D eigenvalue weighted by Crippen LogP contribution is 2.26. The molecule has 4 heteroatoms. The summed E-state index contributed by atoms with van der Waals surface area (Å²) in [7, 11) is 0. The second-order valence-corrected chi connectivity index (χ2v) is 6.60. The SMILES string of the molecule is CCC(CO)Oc1ccc2nc(-c3ccc(N(CC)CC)cc3)ccc2c1. The lowest BCUT2D eigenvalue weighted by atomic mass is 10.1. The maximum atomic E-state index is 9.31. The van der Waals surface area contributed by atoms with Crippen molar-refractivity contribution in [2.75, 3.05) is 24.6 Å². The summed E-state index contributed by atoms with van der Waals surface area (Å²) >= 11 is 0. The molecular formula is C23H28N2O2. The van der Waals surface area contributed by atoms with Crippen LogP contribution in [-0.4, -0.2) is 35.9 Å². The van der Waals surface area contributed by atoms with Crippen LogP contribution in [0, 0.1) is 0 Å². The van der Waals surface area contributed by atoms with E-state index in [1.54, 1.807) is 0 Å². The van der Waals surface area contributed by atoms with Crippen LogP contribution in [0.2, 0.25) is 0 Å². The Morgan fingerprint density at radius 1 is 0.963 bits per heavy atom. The third-order valence-electron chi connectivity index (χ3n) is 4.91. The van der Waals surface area contributed by atoms with Crippen LogP contribution in [0.4, 0.5) is 5.69 Å². The molecule has 1 aromatic heterocycles. The first-order valence-electron chi connectivity index (χ1n) is 9.72. The van der Waals surface area contributed by atoms with E-state index < -0.39 is 0 Å². The molecule has 2 aromatic carbocycles. The van der Waals surface area contributed by atoms with Crippen LogP contribution >= 0.6 is 0 Å². The smallest absolute Gasteiger partial charge is 0.121 e. The number of ether oxygens (including phenoxy) is 1. The van der Waals surface area contributed by atoms with Crippen molar-refractivity contribution in [2.24, 2.45) is 0 Å². The number of hydrogen-bond donors (Lipinski definition) is 1. The standard InChI is InChI=1S/C23H28N2O2/c1-4-20(16-26)27-21-12-14-23-18(15-21)9-13-22(24-23)17-7-10-19(11-8-17)25(5-2)6-3/h7-15,20,26H,4-6,16H2,1-3H3. The van der Waals surface area contributed by atoms with E-state index in [1.165, 1.54) is 5.69 Å². The number of rotatable bonds is 8. The summed E-state index contributed by atoms with van der Waals surface area (Å²) in [4.78, 5) is 7.13. The summed E-state index contributed by atoms with van der Waals surface area (Å²) in [6.07, 6.45) is 0.605. The zero-order valence-electron chi connectivity index (χ0n) is 16.4. The first-order valence-corrected chi connectivity index (χ1v) is 9.72. The Morgan fingerprint density at radius 3 is 2.33 bits per heavy atom. The molecule has 0 fully saturated rings. The normalized spacial score (nSPS) is 12.1. The van der Waals surface area contributed by atoms with Crippen LogP contribution in [-0.2, 0) is 0 Å². The number of aromatic nitrogens is 1. The molecule has 0 saturated heterocycles. The molecule has 3 rings (SSSR count). The Bertz CT molecular complexity index is 869. The highest BCUT2D eigenvalue weighted by Gasteiger charge is 2.08. The molecule has 142 valence electrons. The summed E-state index contributed by atoms with van der Waals surface area (Å²) in [5.74, 6) is 0.765. The maximum absolute atomic E-state index is 9.31. The molecule has 0 bridgehead atoms. The van der Waals surface area contributed by atoms with E-state index in [4.69, 9.17) is 9.72 Å². The average Bonchev–Trinajstić information content (AvgIpc) is 2.73. The van der Waals surface area contributed by atoms with Crippen molar-refractivity contribution in [3.05, 3.63) is 54.6 Å². The fraction of sp³-hybridized carbons (Fsp3) is 0.348. The Balaban J connectivity index is 1.84. The van der Waals surface area contributed by atoms with E-state index in [0.29, 0.717) is 0 Å². The average molecular weight is 364 g/mol. The van der Waals surface area contributed by atoms with Gasteiger partial charge in [0.25, 0.3) is 0 Å². The van der Waals surface area contributed by atoms with Gasteiger partial charge in [0.2, 0.25) is 0 Å². The topological polar surface area (TPSA) is 45.6 Å². The molecule has 0 radical (unpaired) electrons. The van der Waals surface area contributed by atoms with Gasteiger partial charge in [-0.25, -0.2) is 4.98 Å². The number of anilines is 1. The largest absolute Gasteiger partial charge is 0.488 e. The Hall–Kier alpha value is -2.59. The molecule has 0 aliphatic carbocycles. The van der Waals surface area contributed by atoms with Crippen LogP contribution in [0.15, 0.2) is 54.6 Å². The monoisotopic (exact) mass is 364 g/mol. The summed E-state index contributed by atoms with van der Waals surface area (Å²) in [5.41, 5.74) is 4.24. The zero-order chi connectivity index (χ0) is 19.2. The molecule has 0 spiro atoms. The van der Waals surface area contributed by atoms with Gasteiger partial charge in [0.15, 0.2) is 0 Å². The lowest BCUT2D eigenvalue weighted by Gasteiger charge is -2.21. The molecule has 1 unspecified atom stereocenters. The summed E-state index contributed by atoms with van der Waals surface area (Å²) < 4.78 is 5.81. The predicted octanol–water partition coefficient (Wildman–Crippen LogP) is 4.90. The molecule has 1 atom stereocenters. The van der Waals surface area contributed by atoms with Gasteiger partial charge in [0, 0.05) is 29.7 Å². The lowest BCUT2D eigenvalue weighted by Crippen LogP contribution is -2.21. The van der Waals surface area contributed by atoms with E-state index in [0.717, 1.165) is 47.4 Å². The highest BCUT2D eigenvalue weighted by atomic mass is 16.5. The molecule has 27 heavy (non-hydrogen) atoms. The number of aliphatic hydroxyl groups is 1. The van der Waals surface area contributed by atoms with Gasteiger partial charge < -0.3 is 14.7 Å². The van der Waals surface area contributed by atoms with Crippen LogP contribution in [0.25, 0.3) is 22.2 Å². The molecule has 4 nitrogen and oxygen atoms in total. The first-order chi connectivity index (χ1) is 13.2. The van der Waals surface area contributed by atoms with Gasteiger partial charge in [0.1, 0.15) is 11.9 Å². The lowest BCUT2D eigenvalue weighted by molar-refractivity contribution is 0.113. The van der Waals surface area contributed by atoms with Crippen LogP contribution < -0.4 is 9.64 Å². The molecule has 1 heterocycles. The Morgan fingerprint density at radius 2 is 1.70 bits per heavy atom. The van der Waals surface area contributed by atoms with Crippen molar-refractivity contribution in [1.82, 2.24) is 4.98 Å². The molecule has 3 aromatic rings. The van der Waals surface area contributed by atoms with Gasteiger partial charge in [-0.05, 0) is 56.7 Å². The van der Waals surface area contributed by atoms with Crippen LogP contribution in [0.5, 0.6) is 5.75 Å². The van der Waals surface area contributed by atoms with E-state index in [-0.39, 0.29) is 12.7 Å². The Labute approximate surface area is 161 Å². The third-order valence-corrected chi connectivity index (χ3v) is 4.91. The van der Waals surface area contributed by atoms with Gasteiger partial charge >= 0.3 is 0 Å². The maximum Gasteiger partial charge on any atom is 0.121 e. The number of fused-ring (bicyclic) bond motifs is 1. The van der Waals surface area contributed by atoms with Gasteiger partial charge in [0.05, 0.1) is 17.8 Å². The summed E-state index contributed by atoms with van der Waals surface area (Å²) in [5, 5.41) is 10.3. The van der Waals surface area contributed by atoms with Crippen LogP contribution in [0.1, 0.15) is 27.2 Å². The number of hydrogen-bond acceptors (Lipinski definition) is 4. The van der Waals surface area contributed by atoms with Crippen molar-refractivity contribution < 1.29 is 9.84 Å². The fourth-order valence-corrected chi connectivity index (χ4v) is 3.21. The first kappa shape index (κ1) is 19.2. The van der Waals surface area contributed by atoms with Gasteiger partial charge in [-0.3, -0.25) is 0 Å². The van der Waals surface area contributed by atoms with Crippen molar-refractivity contribution in [3.8, 4) is 17.0 Å². The molecular weight excluding hydrogens is 336 g/mol. The van der Waals surface area contributed by atoms with E-state index in [1.807, 2.05) is 31.2 Å². The number of aliphatic hydroxyl groups excluding tert-OH is 1. The summed E-state index contributed by atoms with van der Waals surface area (Å²) in [6.45, 7) is 8.37. The van der Waals surface area contributed by atoms with Gasteiger partial charge in [-0.2, -0.15) is 0 Å². The predicted molar refractivity (Wildman–Crippen MR) is 113 cm³/mol. The highest BCUT2D eigenvalue weighted by molar-refractivity contribution is 5.83. The van der Waals surface area contributed by atoms with Gasteiger partial charge in [-0.15, -0.1) is 0 Å². The minimum absolute atomic E-state index is 0.0230. The molecule has 0 amide bonds. The van der Waals surface area contributed by atoms with Crippen LogP contribution in [0.3, 0.4) is 0 Å². The molecule has 0 aliphatic heterocycles. The fourth-order valence-electron chi connectivity index (χ4n) is 3.21.